The first-order valence-electron chi connectivity index (χ1n) is 8.22. The largest absolute Gasteiger partial charge is 0.388 e. The van der Waals surface area contributed by atoms with E-state index >= 15 is 0 Å². The Balaban J connectivity index is 1.84. The lowest BCUT2D eigenvalue weighted by Gasteiger charge is -2.36. The van der Waals surface area contributed by atoms with E-state index < -0.39 is 5.60 Å². The Labute approximate surface area is 137 Å². The lowest BCUT2D eigenvalue weighted by Crippen LogP contribution is -2.45. The summed E-state index contributed by atoms with van der Waals surface area (Å²) in [6.45, 7) is 6.55. The molecule has 0 atom stereocenters. The molecule has 1 aliphatic rings. The molecule has 3 rings (SSSR count). The van der Waals surface area contributed by atoms with E-state index in [9.17, 15) is 5.11 Å². The number of hydrogen-bond donors (Lipinski definition) is 1. The van der Waals surface area contributed by atoms with Crippen molar-refractivity contribution in [1.82, 2.24) is 24.4 Å². The molecule has 1 fully saturated rings. The Morgan fingerprint density at radius 1 is 1.22 bits per heavy atom. The van der Waals surface area contributed by atoms with E-state index in [2.05, 4.69) is 40.7 Å². The zero-order valence-corrected chi connectivity index (χ0v) is 14.1. The van der Waals surface area contributed by atoms with Crippen molar-refractivity contribution < 1.29 is 5.11 Å². The van der Waals surface area contributed by atoms with Crippen LogP contribution in [0.2, 0.25) is 0 Å². The summed E-state index contributed by atoms with van der Waals surface area (Å²) in [5.41, 5.74) is 0.140. The highest BCUT2D eigenvalue weighted by molar-refractivity contribution is 5.49. The standard InChI is InChI=1S/C17H25N5O/c1-13(2)15-18-7-4-14(20-15)16-19-8-11-22(16)12-17(23)5-9-21(3)10-6-17/h4,7-8,11,13,23H,5-6,9-10,12H2,1-3H3. The minimum atomic E-state index is -0.671. The first-order valence-corrected chi connectivity index (χ1v) is 8.22. The fraction of sp³-hybridized carbons (Fsp3) is 0.588. The smallest absolute Gasteiger partial charge is 0.158 e. The van der Waals surface area contributed by atoms with Gasteiger partial charge in [0.15, 0.2) is 5.82 Å². The number of likely N-dealkylation sites (tertiary alicyclic amines) is 1. The van der Waals surface area contributed by atoms with Crippen molar-refractivity contribution in [2.24, 2.45) is 0 Å². The van der Waals surface area contributed by atoms with Gasteiger partial charge in [0.2, 0.25) is 0 Å². The number of hydrogen-bond acceptors (Lipinski definition) is 5. The summed E-state index contributed by atoms with van der Waals surface area (Å²) < 4.78 is 2.01. The first kappa shape index (κ1) is 16.1. The van der Waals surface area contributed by atoms with Crippen LogP contribution in [0.15, 0.2) is 24.7 Å². The van der Waals surface area contributed by atoms with Crippen molar-refractivity contribution in [1.29, 1.82) is 0 Å². The second-order valence-corrected chi connectivity index (χ2v) is 6.86. The molecule has 0 radical (unpaired) electrons. The van der Waals surface area contributed by atoms with Gasteiger partial charge >= 0.3 is 0 Å². The summed E-state index contributed by atoms with van der Waals surface area (Å²) >= 11 is 0. The fourth-order valence-corrected chi connectivity index (χ4v) is 2.96. The monoisotopic (exact) mass is 315 g/mol. The molecule has 6 heteroatoms. The number of rotatable bonds is 4. The molecule has 0 spiro atoms. The van der Waals surface area contributed by atoms with Crippen LogP contribution in [0.3, 0.4) is 0 Å². The molecule has 0 amide bonds. The molecular formula is C17H25N5O. The van der Waals surface area contributed by atoms with Crippen LogP contribution >= 0.6 is 0 Å². The average Bonchev–Trinajstić information content (AvgIpc) is 2.98. The topological polar surface area (TPSA) is 67.1 Å². The van der Waals surface area contributed by atoms with Gasteiger partial charge in [-0.1, -0.05) is 13.8 Å². The minimum Gasteiger partial charge on any atom is -0.388 e. The SMILES string of the molecule is CC(C)c1nccc(-c2nccn2CC2(O)CCN(C)CC2)n1. The molecule has 2 aromatic heterocycles. The van der Waals surface area contributed by atoms with Crippen LogP contribution in [0.1, 0.15) is 38.4 Å². The summed E-state index contributed by atoms with van der Waals surface area (Å²) in [5.74, 6) is 1.88. The van der Waals surface area contributed by atoms with Crippen molar-refractivity contribution in [3.05, 3.63) is 30.5 Å². The van der Waals surface area contributed by atoms with Crippen molar-refractivity contribution in [2.45, 2.75) is 44.8 Å². The average molecular weight is 315 g/mol. The predicted octanol–water partition coefficient (Wildman–Crippen LogP) is 1.92. The van der Waals surface area contributed by atoms with Crippen LogP contribution < -0.4 is 0 Å². The Bertz CT molecular complexity index is 659. The summed E-state index contributed by atoms with van der Waals surface area (Å²) in [4.78, 5) is 15.6. The van der Waals surface area contributed by atoms with E-state index in [0.29, 0.717) is 6.54 Å². The molecular weight excluding hydrogens is 290 g/mol. The number of aromatic nitrogens is 4. The summed E-state index contributed by atoms with van der Waals surface area (Å²) in [6, 6.07) is 1.88. The van der Waals surface area contributed by atoms with E-state index in [-0.39, 0.29) is 5.92 Å². The molecule has 3 heterocycles. The molecule has 0 bridgehead atoms. The molecule has 1 aliphatic heterocycles. The predicted molar refractivity (Wildman–Crippen MR) is 89.0 cm³/mol. The van der Waals surface area contributed by atoms with E-state index in [4.69, 9.17) is 0 Å². The highest BCUT2D eigenvalue weighted by Crippen LogP contribution is 2.26. The Hall–Kier alpha value is -1.79. The quantitative estimate of drug-likeness (QED) is 0.933. The number of piperidine rings is 1. The van der Waals surface area contributed by atoms with E-state index in [0.717, 1.165) is 43.3 Å². The summed E-state index contributed by atoms with van der Waals surface area (Å²) in [6.07, 6.45) is 7.03. The number of aliphatic hydroxyl groups is 1. The van der Waals surface area contributed by atoms with Crippen molar-refractivity contribution in [3.63, 3.8) is 0 Å². The van der Waals surface area contributed by atoms with Gasteiger partial charge in [0.25, 0.3) is 0 Å². The van der Waals surface area contributed by atoms with Gasteiger partial charge in [0.05, 0.1) is 12.1 Å². The third-order valence-corrected chi connectivity index (χ3v) is 4.52. The van der Waals surface area contributed by atoms with Gasteiger partial charge in [0, 0.05) is 37.6 Å². The molecule has 2 aromatic rings. The fourth-order valence-electron chi connectivity index (χ4n) is 2.96. The van der Waals surface area contributed by atoms with Gasteiger partial charge in [-0.05, 0) is 26.0 Å². The lowest BCUT2D eigenvalue weighted by molar-refractivity contribution is -0.0287. The van der Waals surface area contributed by atoms with E-state index in [1.807, 2.05) is 16.8 Å². The Morgan fingerprint density at radius 3 is 2.65 bits per heavy atom. The van der Waals surface area contributed by atoms with Gasteiger partial charge in [-0.3, -0.25) is 0 Å². The van der Waals surface area contributed by atoms with Gasteiger partial charge in [-0.2, -0.15) is 0 Å². The maximum absolute atomic E-state index is 10.9. The van der Waals surface area contributed by atoms with Crippen molar-refractivity contribution in [3.8, 4) is 11.5 Å². The Morgan fingerprint density at radius 2 is 1.96 bits per heavy atom. The van der Waals surface area contributed by atoms with E-state index in [1.54, 1.807) is 12.4 Å². The molecule has 0 aromatic carbocycles. The molecule has 1 N–H and O–H groups in total. The van der Waals surface area contributed by atoms with Gasteiger partial charge in [-0.25, -0.2) is 15.0 Å². The zero-order valence-electron chi connectivity index (χ0n) is 14.1. The van der Waals surface area contributed by atoms with Crippen LogP contribution in [0.4, 0.5) is 0 Å². The highest BCUT2D eigenvalue weighted by Gasteiger charge is 2.32. The second-order valence-electron chi connectivity index (χ2n) is 6.86. The number of imidazole rings is 1. The molecule has 23 heavy (non-hydrogen) atoms. The van der Waals surface area contributed by atoms with Gasteiger partial charge < -0.3 is 14.6 Å². The van der Waals surface area contributed by atoms with Crippen LogP contribution in [0, 0.1) is 0 Å². The van der Waals surface area contributed by atoms with Crippen LogP contribution in [0.25, 0.3) is 11.5 Å². The minimum absolute atomic E-state index is 0.274. The maximum Gasteiger partial charge on any atom is 0.158 e. The molecule has 0 saturated carbocycles. The zero-order chi connectivity index (χ0) is 16.4. The summed E-state index contributed by atoms with van der Waals surface area (Å²) in [7, 11) is 2.09. The molecule has 0 aliphatic carbocycles. The molecule has 124 valence electrons. The third kappa shape index (κ3) is 3.59. The summed E-state index contributed by atoms with van der Waals surface area (Å²) in [5, 5.41) is 10.9. The van der Waals surface area contributed by atoms with Gasteiger partial charge in [0.1, 0.15) is 11.5 Å². The van der Waals surface area contributed by atoms with Crippen LogP contribution in [-0.2, 0) is 6.54 Å². The van der Waals surface area contributed by atoms with Crippen LogP contribution in [-0.4, -0.2) is 55.3 Å². The molecule has 6 nitrogen and oxygen atoms in total. The van der Waals surface area contributed by atoms with Crippen molar-refractivity contribution >= 4 is 0 Å². The van der Waals surface area contributed by atoms with Crippen molar-refractivity contribution in [2.75, 3.05) is 20.1 Å². The normalized spacial score (nSPS) is 18.5. The molecule has 0 unspecified atom stereocenters. The van der Waals surface area contributed by atoms with Crippen LogP contribution in [0.5, 0.6) is 0 Å². The second kappa shape index (κ2) is 6.37. The molecule has 1 saturated heterocycles. The number of nitrogens with zero attached hydrogens (tertiary/aromatic N) is 5. The van der Waals surface area contributed by atoms with Gasteiger partial charge in [-0.15, -0.1) is 0 Å². The lowest BCUT2D eigenvalue weighted by atomic mass is 9.91. The van der Waals surface area contributed by atoms with E-state index in [1.165, 1.54) is 0 Å². The Kier molecular flexibility index (Phi) is 4.46. The third-order valence-electron chi connectivity index (χ3n) is 4.52. The first-order chi connectivity index (χ1) is 11.0. The highest BCUT2D eigenvalue weighted by atomic mass is 16.3. The maximum atomic E-state index is 10.9.